The predicted molar refractivity (Wildman–Crippen MR) is 83.3 cm³/mol. The van der Waals surface area contributed by atoms with Crippen LogP contribution in [0.4, 0.5) is 8.78 Å². The second-order valence-electron chi connectivity index (χ2n) is 6.30. The maximum atomic E-state index is 13.9. The van der Waals surface area contributed by atoms with Gasteiger partial charge in [0.1, 0.15) is 11.6 Å². The van der Waals surface area contributed by atoms with Crippen LogP contribution >= 0.6 is 0 Å². The first-order valence-corrected chi connectivity index (χ1v) is 8.35. The van der Waals surface area contributed by atoms with E-state index in [-0.39, 0.29) is 11.6 Å². The molecular formula is C18H27F2N. The van der Waals surface area contributed by atoms with Crippen LogP contribution < -0.4 is 5.32 Å². The Morgan fingerprint density at radius 2 is 1.86 bits per heavy atom. The molecule has 1 aromatic rings. The van der Waals surface area contributed by atoms with E-state index in [1.54, 1.807) is 0 Å². The number of hydrogen-bond donors (Lipinski definition) is 1. The summed E-state index contributed by atoms with van der Waals surface area (Å²) in [5, 5.41) is 3.51. The molecule has 0 saturated heterocycles. The predicted octanol–water partition coefficient (Wildman–Crippen LogP) is 4.70. The Hall–Kier alpha value is -0.960. The van der Waals surface area contributed by atoms with Gasteiger partial charge in [-0.05, 0) is 74.4 Å². The van der Waals surface area contributed by atoms with E-state index < -0.39 is 0 Å². The first kappa shape index (κ1) is 16.4. The molecule has 1 fully saturated rings. The van der Waals surface area contributed by atoms with Crippen LogP contribution in [0.15, 0.2) is 18.2 Å². The van der Waals surface area contributed by atoms with E-state index in [9.17, 15) is 8.78 Å². The van der Waals surface area contributed by atoms with Gasteiger partial charge in [-0.15, -0.1) is 0 Å². The highest BCUT2D eigenvalue weighted by molar-refractivity contribution is 5.19. The third-order valence-corrected chi connectivity index (χ3v) is 4.64. The fourth-order valence-electron chi connectivity index (χ4n) is 3.45. The molecule has 0 bridgehead atoms. The van der Waals surface area contributed by atoms with Gasteiger partial charge in [0, 0.05) is 0 Å². The minimum Gasteiger partial charge on any atom is -0.316 e. The highest BCUT2D eigenvalue weighted by Crippen LogP contribution is 2.31. The Morgan fingerprint density at radius 3 is 2.62 bits per heavy atom. The van der Waals surface area contributed by atoms with E-state index in [2.05, 4.69) is 12.2 Å². The zero-order valence-electron chi connectivity index (χ0n) is 13.0. The number of nitrogens with one attached hydrogen (secondary N) is 1. The molecule has 0 amide bonds. The molecule has 2 rings (SSSR count). The first-order chi connectivity index (χ1) is 10.2. The summed E-state index contributed by atoms with van der Waals surface area (Å²) in [6.45, 7) is 4.21. The van der Waals surface area contributed by atoms with E-state index >= 15 is 0 Å². The van der Waals surface area contributed by atoms with Gasteiger partial charge in [0.15, 0.2) is 0 Å². The van der Waals surface area contributed by atoms with E-state index in [0.717, 1.165) is 25.9 Å². The molecule has 1 N–H and O–H groups in total. The van der Waals surface area contributed by atoms with Crippen LogP contribution in [0.25, 0.3) is 0 Å². The van der Waals surface area contributed by atoms with Crippen molar-refractivity contribution in [2.24, 2.45) is 11.8 Å². The van der Waals surface area contributed by atoms with Crippen molar-refractivity contribution >= 4 is 0 Å². The third kappa shape index (κ3) is 5.06. The molecule has 0 spiro atoms. The average Bonchev–Trinajstić information content (AvgIpc) is 2.69. The van der Waals surface area contributed by atoms with E-state index in [0.29, 0.717) is 23.8 Å². The standard InChI is InChI=1S/C18H27F2N/c1-2-10-21-13-15-7-5-3-4-6-14(15)11-16-12-17(19)8-9-18(16)20/h8-9,12,14-15,21H,2-7,10-11,13H2,1H3. The zero-order valence-corrected chi connectivity index (χ0v) is 13.0. The van der Waals surface area contributed by atoms with Gasteiger partial charge < -0.3 is 5.32 Å². The van der Waals surface area contributed by atoms with Crippen molar-refractivity contribution in [3.05, 3.63) is 35.4 Å². The fourth-order valence-corrected chi connectivity index (χ4v) is 3.45. The van der Waals surface area contributed by atoms with Gasteiger partial charge in [0.2, 0.25) is 0 Å². The summed E-state index contributed by atoms with van der Waals surface area (Å²) in [6.07, 6.45) is 7.89. The number of halogens is 2. The molecule has 2 unspecified atom stereocenters. The van der Waals surface area contributed by atoms with Crippen molar-refractivity contribution in [1.29, 1.82) is 0 Å². The van der Waals surface area contributed by atoms with Crippen LogP contribution in [0, 0.1) is 23.5 Å². The SMILES string of the molecule is CCCNCC1CCCCCC1Cc1cc(F)ccc1F. The number of hydrogen-bond acceptors (Lipinski definition) is 1. The normalized spacial score (nSPS) is 23.0. The highest BCUT2D eigenvalue weighted by atomic mass is 19.1. The quantitative estimate of drug-likeness (QED) is 0.592. The van der Waals surface area contributed by atoms with Crippen LogP contribution in [0.3, 0.4) is 0 Å². The topological polar surface area (TPSA) is 12.0 Å². The van der Waals surface area contributed by atoms with Gasteiger partial charge in [-0.3, -0.25) is 0 Å². The molecule has 1 saturated carbocycles. The summed E-state index contributed by atoms with van der Waals surface area (Å²) in [7, 11) is 0. The second-order valence-corrected chi connectivity index (χ2v) is 6.30. The van der Waals surface area contributed by atoms with Crippen molar-refractivity contribution in [2.75, 3.05) is 13.1 Å². The summed E-state index contributed by atoms with van der Waals surface area (Å²) >= 11 is 0. The summed E-state index contributed by atoms with van der Waals surface area (Å²) in [4.78, 5) is 0. The van der Waals surface area contributed by atoms with Crippen LogP contribution in [0.2, 0.25) is 0 Å². The molecule has 21 heavy (non-hydrogen) atoms. The summed E-state index contributed by atoms with van der Waals surface area (Å²) in [6, 6.07) is 3.83. The van der Waals surface area contributed by atoms with Gasteiger partial charge in [-0.2, -0.15) is 0 Å². The Bertz CT molecular complexity index is 433. The van der Waals surface area contributed by atoms with Crippen molar-refractivity contribution in [3.8, 4) is 0 Å². The third-order valence-electron chi connectivity index (χ3n) is 4.64. The van der Waals surface area contributed by atoms with E-state index in [1.807, 2.05) is 0 Å². The van der Waals surface area contributed by atoms with Crippen molar-refractivity contribution < 1.29 is 8.78 Å². The fraction of sp³-hybridized carbons (Fsp3) is 0.667. The average molecular weight is 295 g/mol. The molecule has 118 valence electrons. The van der Waals surface area contributed by atoms with Crippen LogP contribution in [-0.2, 0) is 6.42 Å². The number of benzene rings is 1. The Balaban J connectivity index is 2.03. The lowest BCUT2D eigenvalue weighted by atomic mass is 9.83. The Morgan fingerprint density at radius 1 is 1.10 bits per heavy atom. The van der Waals surface area contributed by atoms with Crippen molar-refractivity contribution in [3.63, 3.8) is 0 Å². The lowest BCUT2D eigenvalue weighted by Gasteiger charge is -2.26. The summed E-state index contributed by atoms with van der Waals surface area (Å²) < 4.78 is 27.2. The van der Waals surface area contributed by atoms with Crippen molar-refractivity contribution in [1.82, 2.24) is 5.32 Å². The first-order valence-electron chi connectivity index (χ1n) is 8.35. The lowest BCUT2D eigenvalue weighted by molar-refractivity contribution is 0.295. The molecular weight excluding hydrogens is 268 g/mol. The van der Waals surface area contributed by atoms with Crippen LogP contribution in [0.1, 0.15) is 51.0 Å². The van der Waals surface area contributed by atoms with Crippen LogP contribution in [0.5, 0.6) is 0 Å². The smallest absolute Gasteiger partial charge is 0.126 e. The van der Waals surface area contributed by atoms with Gasteiger partial charge in [0.05, 0.1) is 0 Å². The highest BCUT2D eigenvalue weighted by Gasteiger charge is 2.24. The van der Waals surface area contributed by atoms with Crippen molar-refractivity contribution in [2.45, 2.75) is 51.9 Å². The summed E-state index contributed by atoms with van der Waals surface area (Å²) in [5.41, 5.74) is 0.544. The molecule has 0 aromatic heterocycles. The molecule has 3 heteroatoms. The minimum absolute atomic E-state index is 0.263. The maximum absolute atomic E-state index is 13.9. The molecule has 1 nitrogen and oxygen atoms in total. The van der Waals surface area contributed by atoms with Gasteiger partial charge >= 0.3 is 0 Å². The molecule has 1 aromatic carbocycles. The Labute approximate surface area is 127 Å². The van der Waals surface area contributed by atoms with E-state index in [4.69, 9.17) is 0 Å². The van der Waals surface area contributed by atoms with E-state index in [1.165, 1.54) is 43.9 Å². The Kier molecular flexibility index (Phi) is 6.62. The zero-order chi connectivity index (χ0) is 15.1. The molecule has 0 radical (unpaired) electrons. The van der Waals surface area contributed by atoms with Gasteiger partial charge in [-0.1, -0.05) is 26.2 Å². The number of rotatable bonds is 6. The minimum atomic E-state index is -0.333. The van der Waals surface area contributed by atoms with Gasteiger partial charge in [0.25, 0.3) is 0 Å². The maximum Gasteiger partial charge on any atom is 0.126 e. The van der Waals surface area contributed by atoms with Gasteiger partial charge in [-0.25, -0.2) is 8.78 Å². The lowest BCUT2D eigenvalue weighted by Crippen LogP contribution is -2.29. The largest absolute Gasteiger partial charge is 0.316 e. The molecule has 1 aliphatic carbocycles. The molecule has 0 heterocycles. The second kappa shape index (κ2) is 8.47. The molecule has 0 aliphatic heterocycles. The molecule has 2 atom stereocenters. The molecule has 1 aliphatic rings. The van der Waals surface area contributed by atoms with Crippen LogP contribution in [-0.4, -0.2) is 13.1 Å². The monoisotopic (exact) mass is 295 g/mol. The summed E-state index contributed by atoms with van der Waals surface area (Å²) in [5.74, 6) is 0.455.